The van der Waals surface area contributed by atoms with Crippen molar-refractivity contribution in [3.8, 4) is 0 Å². The van der Waals surface area contributed by atoms with E-state index in [4.69, 9.17) is 63.4 Å². The minimum Gasteiger partial charge on any atom is -0.481 e. The second-order valence-electron chi connectivity index (χ2n) is 30.8. The van der Waals surface area contributed by atoms with Crippen LogP contribution >= 0.6 is 0 Å². The van der Waals surface area contributed by atoms with Crippen molar-refractivity contribution in [3.63, 3.8) is 0 Å². The highest BCUT2D eigenvalue weighted by Gasteiger charge is 2.25. The summed E-state index contributed by atoms with van der Waals surface area (Å²) < 4.78 is 47.1. The van der Waals surface area contributed by atoms with E-state index in [1.54, 1.807) is 0 Å². The first-order valence-electron chi connectivity index (χ1n) is 41.5. The maximum atomic E-state index is 13.1. The third-order valence-electron chi connectivity index (χ3n) is 17.5. The predicted octanol–water partition coefficient (Wildman–Crippen LogP) is 10.8. The fraction of sp³-hybridized carbons (Fsp3) is 0.729. The fourth-order valence-corrected chi connectivity index (χ4v) is 10.5. The molecule has 0 saturated heterocycles. The Kier molecular flexibility index (Phi) is 70.6. The van der Waals surface area contributed by atoms with Gasteiger partial charge in [-0.3, -0.25) is 78.0 Å². The van der Waals surface area contributed by atoms with Crippen LogP contribution in [0.1, 0.15) is 239 Å². The number of carbonyl (C=O) groups is 11. The van der Waals surface area contributed by atoms with Gasteiger partial charge in [0.15, 0.2) is 5.78 Å². The van der Waals surface area contributed by atoms with Gasteiger partial charge in [0, 0.05) is 55.0 Å². The number of ether oxygens (including phenoxy) is 9. The van der Waals surface area contributed by atoms with E-state index in [9.17, 15) is 63.2 Å². The maximum Gasteiger partial charge on any atom is 0.307 e. The van der Waals surface area contributed by atoms with Crippen LogP contribution in [0.2, 0.25) is 0 Å². The predicted molar refractivity (Wildman–Crippen MR) is 440 cm³/mol. The molecule has 684 valence electrons. The maximum absolute atomic E-state index is 13.1. The number of carbonyl (C=O) groups excluding carboxylic acids is 9. The van der Waals surface area contributed by atoms with E-state index in [1.165, 1.54) is 62.6 Å². The smallest absolute Gasteiger partial charge is 0.307 e. The van der Waals surface area contributed by atoms with Crippen LogP contribution < -0.4 is 10.8 Å². The van der Waals surface area contributed by atoms with Crippen LogP contribution in [-0.4, -0.2) is 263 Å². The molecule has 0 heterocycles. The third-order valence-corrected chi connectivity index (χ3v) is 17.5. The number of hydrogen-bond donors (Lipinski definition) is 8. The molecule has 2 rings (SSSR count). The molecule has 2 aromatic carbocycles. The number of unbranched alkanes of at least 4 members (excludes halogenated alkanes) is 15. The molecule has 0 saturated carbocycles. The summed E-state index contributed by atoms with van der Waals surface area (Å²) in [6.45, 7) is 16.4. The number of aliphatic hydroxyl groups excluding tert-OH is 1. The van der Waals surface area contributed by atoms with E-state index in [0.29, 0.717) is 76.9 Å². The van der Waals surface area contributed by atoms with Gasteiger partial charge in [-0.1, -0.05) is 179 Å². The van der Waals surface area contributed by atoms with Crippen LogP contribution in [0.5, 0.6) is 0 Å². The van der Waals surface area contributed by atoms with E-state index in [-0.39, 0.29) is 164 Å². The van der Waals surface area contributed by atoms with Crippen molar-refractivity contribution in [1.82, 2.24) is 31.0 Å². The van der Waals surface area contributed by atoms with Crippen molar-refractivity contribution in [2.45, 2.75) is 241 Å². The number of nitrogens with one attached hydrogen (secondary N) is 2. The average molecular weight is 1700 g/mol. The monoisotopic (exact) mass is 1700 g/mol. The molecule has 34 nitrogen and oxygen atoms in total. The van der Waals surface area contributed by atoms with Gasteiger partial charge in [-0.2, -0.15) is 0 Å². The number of benzene rings is 2. The zero-order chi connectivity index (χ0) is 89.2. The van der Waals surface area contributed by atoms with Crippen molar-refractivity contribution in [1.29, 1.82) is 0 Å². The number of rotatable bonds is 70. The van der Waals surface area contributed by atoms with Crippen LogP contribution in [0.4, 0.5) is 0 Å². The van der Waals surface area contributed by atoms with Crippen LogP contribution in [0.3, 0.4) is 0 Å². The number of aliphatic hydroxyl groups is 1. The Morgan fingerprint density at radius 2 is 0.672 bits per heavy atom. The molecule has 0 aliphatic rings. The molecular formula is C85H146N6O28. The number of hydrogen-bond acceptors (Lipinski definition) is 27. The van der Waals surface area contributed by atoms with E-state index in [2.05, 4.69) is 14.8 Å². The Hall–Kier alpha value is -7.71. The van der Waals surface area contributed by atoms with E-state index < -0.39 is 47.7 Å². The van der Waals surface area contributed by atoms with Crippen molar-refractivity contribution in [2.75, 3.05) is 147 Å². The minimum absolute atomic E-state index is 0.0164. The normalized spacial score (nSPS) is 11.1. The number of nitrogens with zero attached hydrogens (tertiary/aromatic N) is 4. The molecule has 0 aliphatic heterocycles. The standard InChI is InChI=1S/C39H58N2O10.C24H45N3O10.C11H23NO2.C11H20O6/c1-39(2,32-49-28-24-36(43)41(26-22-38(45)47-4)51-30-34-19-13-10-14-20-34)31-48-27-23-35(42)40(50-29-33-17-11-9-12-18-33)25-16-8-6-5-7-15-21-37(44)46-3;1-24(2,19-37-16-12-23(32)27(35)14-10-21(30)25-33)18-36-15-11-22(31)26(34)13-8-6-4-3-5-7-9-20(29)17-28;1-12-10-8-6-4-3-5-7-9-11(13)14-2;1-11(2,7-16-5-3-9(12)13)8-17-6-4-10(14)15/h9-14,17-20H,5-8,15-16,21-32H2,1-4H3;28,33-35H,3-19H2,1-2H3,(H,25,30);12H,3-10H2,1-2H3;3-8H2,1-2H3,(H,12,13)(H,14,15). The fourth-order valence-electron chi connectivity index (χ4n) is 10.5. The first-order chi connectivity index (χ1) is 56.8. The molecule has 0 bridgehead atoms. The summed E-state index contributed by atoms with van der Waals surface area (Å²) in [5, 5.41) is 60.2. The number of amides is 5. The van der Waals surface area contributed by atoms with E-state index >= 15 is 0 Å². The Balaban J connectivity index is 0. The zero-order valence-electron chi connectivity index (χ0n) is 72.9. The first-order valence-corrected chi connectivity index (χ1v) is 41.5. The molecule has 0 spiro atoms. The Morgan fingerprint density at radius 3 is 1.03 bits per heavy atom. The highest BCUT2D eigenvalue weighted by Crippen LogP contribution is 2.21. The Morgan fingerprint density at radius 1 is 0.361 bits per heavy atom. The summed E-state index contributed by atoms with van der Waals surface area (Å²) in [6.07, 6.45) is 19.3. The number of esters is 3. The van der Waals surface area contributed by atoms with E-state index in [1.807, 2.05) is 109 Å². The van der Waals surface area contributed by atoms with Crippen LogP contribution in [0.15, 0.2) is 60.7 Å². The number of hydroxylamine groups is 9. The molecule has 0 aliphatic carbocycles. The molecule has 5 amide bonds. The first kappa shape index (κ1) is 113. The lowest BCUT2D eigenvalue weighted by Crippen LogP contribution is -2.34. The molecule has 0 radical (unpaired) electrons. The van der Waals surface area contributed by atoms with Gasteiger partial charge in [0.05, 0.1) is 159 Å². The van der Waals surface area contributed by atoms with Gasteiger partial charge in [0.2, 0.25) is 29.5 Å². The van der Waals surface area contributed by atoms with Crippen LogP contribution in [0.25, 0.3) is 0 Å². The van der Waals surface area contributed by atoms with Gasteiger partial charge in [0.1, 0.15) is 19.8 Å². The summed E-state index contributed by atoms with van der Waals surface area (Å²) in [5.41, 5.74) is 2.28. The average Bonchev–Trinajstić information content (AvgIpc) is 0.922. The summed E-state index contributed by atoms with van der Waals surface area (Å²) in [4.78, 5) is 138. The molecule has 8 N–H and O–H groups in total. The summed E-state index contributed by atoms with van der Waals surface area (Å²) in [5.74, 6) is -4.78. The lowest BCUT2D eigenvalue weighted by molar-refractivity contribution is -0.194. The summed E-state index contributed by atoms with van der Waals surface area (Å²) in [7, 11) is 6.14. The number of methoxy groups -OCH3 is 3. The lowest BCUT2D eigenvalue weighted by Gasteiger charge is -2.26. The van der Waals surface area contributed by atoms with Gasteiger partial charge < -0.3 is 63.3 Å². The molecular weight excluding hydrogens is 1550 g/mol. The molecule has 2 aromatic rings. The highest BCUT2D eigenvalue weighted by atomic mass is 16.7. The highest BCUT2D eigenvalue weighted by molar-refractivity contribution is 5.79. The molecule has 0 atom stereocenters. The molecule has 34 heteroatoms. The molecule has 119 heavy (non-hydrogen) atoms. The Bertz CT molecular complexity index is 2960. The molecule has 0 fully saturated rings. The van der Waals surface area contributed by atoms with Gasteiger partial charge in [-0.25, -0.2) is 25.7 Å². The van der Waals surface area contributed by atoms with Gasteiger partial charge in [-0.15, -0.1) is 0 Å². The van der Waals surface area contributed by atoms with Crippen LogP contribution in [-0.2, 0) is 118 Å². The van der Waals surface area contributed by atoms with Crippen molar-refractivity contribution < 1.29 is 136 Å². The van der Waals surface area contributed by atoms with Crippen molar-refractivity contribution in [2.24, 2.45) is 16.2 Å². The van der Waals surface area contributed by atoms with Crippen molar-refractivity contribution >= 4 is 65.2 Å². The zero-order valence-corrected chi connectivity index (χ0v) is 72.9. The SMILES string of the molecule is CC(C)(COCCC(=O)N(O)CCCCCCCCC(=O)CO)COCCC(=O)N(O)CCC(=O)NO.CC(C)(COCCC(=O)O)COCCC(=O)O.CNCCCCCCCCC(=O)OC.COC(=O)CCCCCCCCN(OCc1ccccc1)C(=O)CCOCC(C)(C)COCCC(=O)N(CCC(=O)OC)OCc1ccccc1. The summed E-state index contributed by atoms with van der Waals surface area (Å²) in [6, 6.07) is 19.2. The molecule has 0 unspecified atom stereocenters. The minimum atomic E-state index is -0.888. The topological polar surface area (TPSA) is 448 Å². The van der Waals surface area contributed by atoms with Crippen molar-refractivity contribution in [3.05, 3.63) is 71.8 Å². The second kappa shape index (κ2) is 74.1. The van der Waals surface area contributed by atoms with Crippen LogP contribution in [0, 0.1) is 16.2 Å². The number of carboxylic acids is 2. The largest absolute Gasteiger partial charge is 0.481 e. The molecule has 0 aromatic heterocycles. The van der Waals surface area contributed by atoms with E-state index in [0.717, 1.165) is 106 Å². The Labute approximate surface area is 705 Å². The quantitative estimate of drug-likeness (QED) is 0.0100. The number of Topliss-reactive ketones (excluding diaryl/α,β-unsaturated/α-hetero) is 1. The second-order valence-corrected chi connectivity index (χ2v) is 30.8. The number of ketones is 1. The van der Waals surface area contributed by atoms with Gasteiger partial charge >= 0.3 is 29.8 Å². The lowest BCUT2D eigenvalue weighted by atomic mass is 9.96. The van der Waals surface area contributed by atoms with Gasteiger partial charge in [-0.05, 0) is 63.2 Å². The third kappa shape index (κ3) is 71.7. The van der Waals surface area contributed by atoms with Gasteiger partial charge in [0.25, 0.3) is 0 Å². The number of carboxylic acid groups (broad SMARTS) is 2. The summed E-state index contributed by atoms with van der Waals surface area (Å²) >= 11 is 0. The number of aliphatic carboxylic acids is 2.